The van der Waals surface area contributed by atoms with Crippen molar-refractivity contribution in [3.8, 4) is 0 Å². The van der Waals surface area contributed by atoms with Crippen molar-refractivity contribution in [2.45, 2.75) is 27.2 Å². The van der Waals surface area contributed by atoms with E-state index in [1.807, 2.05) is 0 Å². The second-order valence-electron chi connectivity index (χ2n) is 5.18. The molecule has 1 aromatic carbocycles. The van der Waals surface area contributed by atoms with E-state index < -0.39 is 0 Å². The predicted octanol–water partition coefficient (Wildman–Crippen LogP) is 4.07. The molecule has 0 aliphatic heterocycles. The SMILES string of the molecule is CC(C)(C)C[C]1C=Cc2ccccc21. The van der Waals surface area contributed by atoms with Crippen molar-refractivity contribution >= 4 is 6.08 Å². The van der Waals surface area contributed by atoms with Crippen molar-refractivity contribution < 1.29 is 0 Å². The summed E-state index contributed by atoms with van der Waals surface area (Å²) in [5.41, 5.74) is 3.16. The predicted molar refractivity (Wildman–Crippen MR) is 61.9 cm³/mol. The van der Waals surface area contributed by atoms with E-state index in [4.69, 9.17) is 0 Å². The molecule has 0 heterocycles. The molecule has 0 fully saturated rings. The maximum atomic E-state index is 2.29. The van der Waals surface area contributed by atoms with E-state index in [2.05, 4.69) is 57.2 Å². The Bertz CT molecular complexity index is 353. The van der Waals surface area contributed by atoms with Crippen molar-refractivity contribution in [2.24, 2.45) is 5.41 Å². The van der Waals surface area contributed by atoms with Crippen LogP contribution in [-0.2, 0) is 0 Å². The number of fused-ring (bicyclic) bond motifs is 1. The minimum atomic E-state index is 0.372. The Morgan fingerprint density at radius 1 is 1.00 bits per heavy atom. The average molecular weight is 185 g/mol. The van der Waals surface area contributed by atoms with Crippen LogP contribution in [0.4, 0.5) is 0 Å². The number of allylic oxidation sites excluding steroid dienone is 1. The lowest BCUT2D eigenvalue weighted by Crippen LogP contribution is -2.10. The van der Waals surface area contributed by atoms with E-state index in [9.17, 15) is 0 Å². The molecule has 0 saturated carbocycles. The van der Waals surface area contributed by atoms with Gasteiger partial charge < -0.3 is 0 Å². The summed E-state index contributed by atoms with van der Waals surface area (Å²) in [6, 6.07) is 8.62. The lowest BCUT2D eigenvalue weighted by atomic mass is 9.82. The van der Waals surface area contributed by atoms with E-state index >= 15 is 0 Å². The Balaban J connectivity index is 2.23. The van der Waals surface area contributed by atoms with Crippen molar-refractivity contribution in [1.82, 2.24) is 0 Å². The zero-order valence-electron chi connectivity index (χ0n) is 9.17. The minimum absolute atomic E-state index is 0.372. The lowest BCUT2D eigenvalue weighted by molar-refractivity contribution is 0.399. The molecule has 1 radical (unpaired) electrons. The van der Waals surface area contributed by atoms with Crippen LogP contribution in [0.25, 0.3) is 6.08 Å². The zero-order valence-corrected chi connectivity index (χ0v) is 9.17. The van der Waals surface area contributed by atoms with Gasteiger partial charge in [0.15, 0.2) is 0 Å². The first kappa shape index (κ1) is 9.51. The van der Waals surface area contributed by atoms with Gasteiger partial charge in [-0.05, 0) is 23.0 Å². The van der Waals surface area contributed by atoms with Crippen molar-refractivity contribution in [2.75, 3.05) is 0 Å². The molecule has 2 rings (SSSR count). The van der Waals surface area contributed by atoms with Crippen LogP contribution in [0.1, 0.15) is 38.3 Å². The van der Waals surface area contributed by atoms with E-state index in [1.54, 1.807) is 0 Å². The molecule has 0 aromatic heterocycles. The first-order chi connectivity index (χ1) is 6.56. The molecular formula is C14H17. The maximum absolute atomic E-state index is 2.29. The van der Waals surface area contributed by atoms with Crippen LogP contribution >= 0.6 is 0 Å². The Kier molecular flexibility index (Phi) is 2.22. The van der Waals surface area contributed by atoms with Gasteiger partial charge in [-0.3, -0.25) is 0 Å². The standard InChI is InChI=1S/C14H17/c1-14(2,3)10-12-9-8-11-6-4-5-7-13(11)12/h4-9H,10H2,1-3H3. The Morgan fingerprint density at radius 2 is 1.71 bits per heavy atom. The minimum Gasteiger partial charge on any atom is -0.0721 e. The number of hydrogen-bond donors (Lipinski definition) is 0. The molecule has 1 aromatic rings. The van der Waals surface area contributed by atoms with Gasteiger partial charge in [0, 0.05) is 5.92 Å². The van der Waals surface area contributed by atoms with Crippen LogP contribution in [0.3, 0.4) is 0 Å². The van der Waals surface area contributed by atoms with Crippen molar-refractivity contribution in [3.05, 3.63) is 47.4 Å². The smallest absolute Gasteiger partial charge is 0.0278 e. The summed E-state index contributed by atoms with van der Waals surface area (Å²) in [5, 5.41) is 0. The summed E-state index contributed by atoms with van der Waals surface area (Å²) in [5.74, 6) is 1.48. The molecular weight excluding hydrogens is 168 g/mol. The first-order valence-electron chi connectivity index (χ1n) is 5.20. The van der Waals surface area contributed by atoms with E-state index in [1.165, 1.54) is 17.0 Å². The molecule has 0 spiro atoms. The summed E-state index contributed by atoms with van der Waals surface area (Å²) in [6.45, 7) is 6.86. The lowest BCUT2D eigenvalue weighted by Gasteiger charge is -2.22. The van der Waals surface area contributed by atoms with Crippen LogP contribution in [0.5, 0.6) is 0 Å². The molecule has 73 valence electrons. The largest absolute Gasteiger partial charge is 0.0721 e. The van der Waals surface area contributed by atoms with Gasteiger partial charge >= 0.3 is 0 Å². The van der Waals surface area contributed by atoms with Gasteiger partial charge in [-0.1, -0.05) is 57.2 Å². The molecule has 0 atom stereocenters. The van der Waals surface area contributed by atoms with E-state index in [0.29, 0.717) is 5.41 Å². The zero-order chi connectivity index (χ0) is 10.2. The number of rotatable bonds is 1. The van der Waals surface area contributed by atoms with Crippen LogP contribution < -0.4 is 0 Å². The van der Waals surface area contributed by atoms with Gasteiger partial charge in [0.2, 0.25) is 0 Å². The molecule has 0 N–H and O–H groups in total. The van der Waals surface area contributed by atoms with Crippen molar-refractivity contribution in [1.29, 1.82) is 0 Å². The highest BCUT2D eigenvalue weighted by Crippen LogP contribution is 2.37. The van der Waals surface area contributed by atoms with Crippen LogP contribution in [0, 0.1) is 11.3 Å². The quantitative estimate of drug-likeness (QED) is 0.618. The topological polar surface area (TPSA) is 0 Å². The third kappa shape index (κ3) is 1.89. The van der Waals surface area contributed by atoms with Gasteiger partial charge in [-0.2, -0.15) is 0 Å². The number of benzene rings is 1. The van der Waals surface area contributed by atoms with E-state index in [0.717, 1.165) is 6.42 Å². The van der Waals surface area contributed by atoms with Crippen LogP contribution in [0.15, 0.2) is 30.3 Å². The molecule has 1 aliphatic rings. The molecule has 14 heavy (non-hydrogen) atoms. The maximum Gasteiger partial charge on any atom is 0.0278 e. The highest BCUT2D eigenvalue weighted by atomic mass is 14.3. The summed E-state index contributed by atoms with van der Waals surface area (Å²) in [4.78, 5) is 0. The van der Waals surface area contributed by atoms with Crippen LogP contribution in [0.2, 0.25) is 0 Å². The van der Waals surface area contributed by atoms with Crippen molar-refractivity contribution in [3.63, 3.8) is 0 Å². The normalized spacial score (nSPS) is 15.9. The van der Waals surface area contributed by atoms with Gasteiger partial charge in [-0.25, -0.2) is 0 Å². The van der Waals surface area contributed by atoms with Crippen LogP contribution in [-0.4, -0.2) is 0 Å². The van der Waals surface area contributed by atoms with Gasteiger partial charge in [0.1, 0.15) is 0 Å². The summed E-state index contributed by atoms with van der Waals surface area (Å²) in [7, 11) is 0. The summed E-state index contributed by atoms with van der Waals surface area (Å²) >= 11 is 0. The van der Waals surface area contributed by atoms with Gasteiger partial charge in [0.25, 0.3) is 0 Å². The molecule has 0 unspecified atom stereocenters. The fraction of sp³-hybridized carbons (Fsp3) is 0.357. The number of hydrogen-bond acceptors (Lipinski definition) is 0. The molecule has 0 amide bonds. The third-order valence-corrected chi connectivity index (χ3v) is 2.49. The molecule has 0 heteroatoms. The second-order valence-corrected chi connectivity index (χ2v) is 5.18. The molecule has 0 nitrogen and oxygen atoms in total. The average Bonchev–Trinajstić information content (AvgIpc) is 2.47. The molecule has 1 aliphatic carbocycles. The van der Waals surface area contributed by atoms with Gasteiger partial charge in [0.05, 0.1) is 0 Å². The first-order valence-corrected chi connectivity index (χ1v) is 5.20. The molecule has 0 saturated heterocycles. The van der Waals surface area contributed by atoms with Gasteiger partial charge in [-0.15, -0.1) is 0 Å². The fourth-order valence-corrected chi connectivity index (χ4v) is 1.94. The van der Waals surface area contributed by atoms with E-state index in [-0.39, 0.29) is 0 Å². The second kappa shape index (κ2) is 3.27. The monoisotopic (exact) mass is 185 g/mol. The Morgan fingerprint density at radius 3 is 2.43 bits per heavy atom. The Hall–Kier alpha value is -1.04. The Labute approximate surface area is 86.7 Å². The highest BCUT2D eigenvalue weighted by Gasteiger charge is 2.23. The summed E-state index contributed by atoms with van der Waals surface area (Å²) in [6.07, 6.45) is 5.63. The third-order valence-electron chi connectivity index (χ3n) is 2.49. The molecule has 0 bridgehead atoms. The summed E-state index contributed by atoms with van der Waals surface area (Å²) < 4.78 is 0. The highest BCUT2D eigenvalue weighted by molar-refractivity contribution is 5.68. The fourth-order valence-electron chi connectivity index (χ4n) is 1.94.